The summed E-state index contributed by atoms with van der Waals surface area (Å²) in [5.41, 5.74) is 1.67. The third-order valence-corrected chi connectivity index (χ3v) is 3.80. The predicted octanol–water partition coefficient (Wildman–Crippen LogP) is 4.07. The van der Waals surface area contributed by atoms with Crippen LogP contribution in [-0.2, 0) is 4.79 Å². The van der Waals surface area contributed by atoms with Gasteiger partial charge in [-0.15, -0.1) is 0 Å². The average molecular weight is 313 g/mol. The molecular weight excluding hydrogens is 293 g/mol. The van der Waals surface area contributed by atoms with E-state index in [1.54, 1.807) is 24.1 Å². The lowest BCUT2D eigenvalue weighted by atomic mass is 10.1. The van der Waals surface area contributed by atoms with Gasteiger partial charge in [-0.25, -0.2) is 4.39 Å². The zero-order valence-electron chi connectivity index (χ0n) is 13.5. The minimum atomic E-state index is -0.451. The molecule has 0 aliphatic rings. The number of ether oxygens (including phenoxy) is 1. The van der Waals surface area contributed by atoms with Crippen LogP contribution >= 0.6 is 0 Å². The van der Waals surface area contributed by atoms with E-state index in [0.717, 1.165) is 5.56 Å². The molecule has 1 amide bonds. The van der Waals surface area contributed by atoms with Crippen molar-refractivity contribution in [3.05, 3.63) is 71.6 Å². The van der Waals surface area contributed by atoms with Crippen molar-refractivity contribution >= 4 is 12.0 Å². The highest BCUT2D eigenvalue weighted by molar-refractivity contribution is 5.91. The second kappa shape index (κ2) is 7.58. The fourth-order valence-corrected chi connectivity index (χ4v) is 2.22. The SMILES string of the molecule is COc1ccc(/C=C/C(=O)N(C)C(C)c2ccccc2)cc1F. The molecule has 3 nitrogen and oxygen atoms in total. The number of rotatable bonds is 5. The summed E-state index contributed by atoms with van der Waals surface area (Å²) in [5, 5.41) is 0. The molecule has 2 aromatic carbocycles. The van der Waals surface area contributed by atoms with E-state index in [-0.39, 0.29) is 17.7 Å². The van der Waals surface area contributed by atoms with Crippen LogP contribution in [-0.4, -0.2) is 25.0 Å². The number of halogens is 1. The molecule has 120 valence electrons. The molecule has 23 heavy (non-hydrogen) atoms. The Bertz CT molecular complexity index is 698. The van der Waals surface area contributed by atoms with Crippen molar-refractivity contribution in [2.45, 2.75) is 13.0 Å². The van der Waals surface area contributed by atoms with Gasteiger partial charge < -0.3 is 9.64 Å². The van der Waals surface area contributed by atoms with Crippen LogP contribution in [0.4, 0.5) is 4.39 Å². The molecule has 2 rings (SSSR count). The number of methoxy groups -OCH3 is 1. The van der Waals surface area contributed by atoms with E-state index in [1.807, 2.05) is 37.3 Å². The molecule has 0 fully saturated rings. The number of hydrogen-bond acceptors (Lipinski definition) is 2. The molecule has 0 N–H and O–H groups in total. The molecule has 0 aromatic heterocycles. The Morgan fingerprint density at radius 2 is 1.91 bits per heavy atom. The standard InChI is InChI=1S/C19H20FNO2/c1-14(16-7-5-4-6-8-16)21(2)19(22)12-10-15-9-11-18(23-3)17(20)13-15/h4-14H,1-3H3/b12-10+. The van der Waals surface area contributed by atoms with Gasteiger partial charge in [0.25, 0.3) is 0 Å². The highest BCUT2D eigenvalue weighted by Crippen LogP contribution is 2.20. The fraction of sp³-hybridized carbons (Fsp3) is 0.211. The first-order chi connectivity index (χ1) is 11.0. The number of hydrogen-bond donors (Lipinski definition) is 0. The van der Waals surface area contributed by atoms with E-state index >= 15 is 0 Å². The molecule has 0 spiro atoms. The molecule has 0 saturated carbocycles. The van der Waals surface area contributed by atoms with E-state index in [9.17, 15) is 9.18 Å². The second-order valence-corrected chi connectivity index (χ2v) is 5.26. The molecule has 0 saturated heterocycles. The van der Waals surface area contributed by atoms with Gasteiger partial charge >= 0.3 is 0 Å². The number of amides is 1. The molecule has 4 heteroatoms. The van der Waals surface area contributed by atoms with Crippen molar-refractivity contribution in [3.63, 3.8) is 0 Å². The van der Waals surface area contributed by atoms with Gasteiger partial charge in [-0.2, -0.15) is 0 Å². The predicted molar refractivity (Wildman–Crippen MR) is 89.6 cm³/mol. The molecule has 1 unspecified atom stereocenters. The lowest BCUT2D eigenvalue weighted by molar-refractivity contribution is -0.126. The fourth-order valence-electron chi connectivity index (χ4n) is 2.22. The quantitative estimate of drug-likeness (QED) is 0.779. The molecule has 0 aliphatic carbocycles. The van der Waals surface area contributed by atoms with Crippen LogP contribution in [0.25, 0.3) is 6.08 Å². The van der Waals surface area contributed by atoms with Crippen LogP contribution < -0.4 is 4.74 Å². The summed E-state index contributed by atoms with van der Waals surface area (Å²) in [6.45, 7) is 1.97. The van der Waals surface area contributed by atoms with Gasteiger partial charge in [0.15, 0.2) is 11.6 Å². The van der Waals surface area contributed by atoms with Gasteiger partial charge in [0.1, 0.15) is 0 Å². The number of likely N-dealkylation sites (N-methyl/N-ethyl adjacent to an activating group) is 1. The van der Waals surface area contributed by atoms with Crippen molar-refractivity contribution in [1.82, 2.24) is 4.90 Å². The highest BCUT2D eigenvalue weighted by Gasteiger charge is 2.14. The monoisotopic (exact) mass is 313 g/mol. The van der Waals surface area contributed by atoms with Crippen LogP contribution in [0.15, 0.2) is 54.6 Å². The molecule has 2 aromatic rings. The van der Waals surface area contributed by atoms with Crippen LogP contribution in [0.2, 0.25) is 0 Å². The Morgan fingerprint density at radius 3 is 2.52 bits per heavy atom. The number of carbonyl (C=O) groups excluding carboxylic acids is 1. The lowest BCUT2D eigenvalue weighted by Gasteiger charge is -2.24. The molecule has 0 aliphatic heterocycles. The number of nitrogens with zero attached hydrogens (tertiary/aromatic N) is 1. The smallest absolute Gasteiger partial charge is 0.246 e. The summed E-state index contributed by atoms with van der Waals surface area (Å²) >= 11 is 0. The van der Waals surface area contributed by atoms with Gasteiger partial charge in [-0.1, -0.05) is 36.4 Å². The van der Waals surface area contributed by atoms with Crippen molar-refractivity contribution in [3.8, 4) is 5.75 Å². The van der Waals surface area contributed by atoms with Gasteiger partial charge in [0, 0.05) is 13.1 Å². The average Bonchev–Trinajstić information content (AvgIpc) is 2.59. The maximum Gasteiger partial charge on any atom is 0.246 e. The largest absolute Gasteiger partial charge is 0.494 e. The van der Waals surface area contributed by atoms with Crippen molar-refractivity contribution in [1.29, 1.82) is 0 Å². The van der Waals surface area contributed by atoms with Crippen LogP contribution in [0.1, 0.15) is 24.1 Å². The summed E-state index contributed by atoms with van der Waals surface area (Å²) in [4.78, 5) is 13.9. The van der Waals surface area contributed by atoms with Gasteiger partial charge in [0.2, 0.25) is 5.91 Å². The summed E-state index contributed by atoms with van der Waals surface area (Å²) in [6.07, 6.45) is 3.04. The van der Waals surface area contributed by atoms with E-state index in [4.69, 9.17) is 4.74 Å². The highest BCUT2D eigenvalue weighted by atomic mass is 19.1. The van der Waals surface area contributed by atoms with Crippen LogP contribution in [0.5, 0.6) is 5.75 Å². The summed E-state index contributed by atoms with van der Waals surface area (Å²) in [6, 6.07) is 14.3. The summed E-state index contributed by atoms with van der Waals surface area (Å²) < 4.78 is 18.5. The van der Waals surface area contributed by atoms with Gasteiger partial charge in [-0.05, 0) is 36.3 Å². The Morgan fingerprint density at radius 1 is 1.22 bits per heavy atom. The topological polar surface area (TPSA) is 29.5 Å². The minimum absolute atomic E-state index is 0.0408. The first kappa shape index (κ1) is 16.7. The van der Waals surface area contributed by atoms with E-state index in [0.29, 0.717) is 5.56 Å². The van der Waals surface area contributed by atoms with Crippen molar-refractivity contribution in [2.24, 2.45) is 0 Å². The zero-order chi connectivity index (χ0) is 16.8. The van der Waals surface area contributed by atoms with Gasteiger partial charge in [-0.3, -0.25) is 4.79 Å². The Kier molecular flexibility index (Phi) is 5.52. The first-order valence-electron chi connectivity index (χ1n) is 7.36. The molecule has 0 bridgehead atoms. The number of carbonyl (C=O) groups is 1. The van der Waals surface area contributed by atoms with Crippen LogP contribution in [0.3, 0.4) is 0 Å². The first-order valence-corrected chi connectivity index (χ1v) is 7.36. The van der Waals surface area contributed by atoms with Gasteiger partial charge in [0.05, 0.1) is 13.2 Å². The van der Waals surface area contributed by atoms with E-state index < -0.39 is 5.82 Å². The maximum atomic E-state index is 13.6. The molecule has 0 heterocycles. The van der Waals surface area contributed by atoms with Crippen molar-refractivity contribution < 1.29 is 13.9 Å². The third-order valence-electron chi connectivity index (χ3n) is 3.80. The Labute approximate surface area is 136 Å². The molecule has 1 atom stereocenters. The summed E-state index contributed by atoms with van der Waals surface area (Å²) in [5.74, 6) is -0.408. The van der Waals surface area contributed by atoms with Crippen LogP contribution in [0, 0.1) is 5.82 Å². The molecular formula is C19H20FNO2. The van der Waals surface area contributed by atoms with E-state index in [1.165, 1.54) is 25.3 Å². The third kappa shape index (κ3) is 4.19. The zero-order valence-corrected chi connectivity index (χ0v) is 13.5. The number of benzene rings is 2. The Balaban J connectivity index is 2.07. The maximum absolute atomic E-state index is 13.6. The summed E-state index contributed by atoms with van der Waals surface area (Å²) in [7, 11) is 3.16. The van der Waals surface area contributed by atoms with E-state index in [2.05, 4.69) is 0 Å². The Hall–Kier alpha value is -2.62. The lowest BCUT2D eigenvalue weighted by Crippen LogP contribution is -2.27. The molecule has 0 radical (unpaired) electrons. The minimum Gasteiger partial charge on any atom is -0.494 e. The van der Waals surface area contributed by atoms with Crippen molar-refractivity contribution in [2.75, 3.05) is 14.2 Å². The second-order valence-electron chi connectivity index (χ2n) is 5.26. The normalized spacial score (nSPS) is 12.2.